The Balaban J connectivity index is 2.04. The highest BCUT2D eigenvalue weighted by Gasteiger charge is 2.12. The minimum absolute atomic E-state index is 0.525. The van der Waals surface area contributed by atoms with Crippen LogP contribution in [0.5, 0.6) is 0 Å². The van der Waals surface area contributed by atoms with E-state index in [0.29, 0.717) is 6.42 Å². The first-order valence-electron chi connectivity index (χ1n) is 5.73. The predicted molar refractivity (Wildman–Crippen MR) is 69.1 cm³/mol. The molecule has 3 nitrogen and oxygen atoms in total. The molecule has 2 rings (SSSR count). The normalized spacial score (nSPS) is 12.6. The Bertz CT molecular complexity index is 478. The van der Waals surface area contributed by atoms with E-state index in [2.05, 4.69) is 23.0 Å². The van der Waals surface area contributed by atoms with Gasteiger partial charge in [0.15, 0.2) is 0 Å². The molecule has 1 N–H and O–H groups in total. The summed E-state index contributed by atoms with van der Waals surface area (Å²) in [5.74, 6) is 0. The lowest BCUT2D eigenvalue weighted by molar-refractivity contribution is 0.176. The largest absolute Gasteiger partial charge is 0.386 e. The Labute approximate surface area is 105 Å². The van der Waals surface area contributed by atoms with Crippen molar-refractivity contribution in [2.75, 3.05) is 0 Å². The van der Waals surface area contributed by atoms with Gasteiger partial charge in [0.25, 0.3) is 0 Å². The SMILES string of the molecule is CCc1ccc(CC(O)c2nc(C)cs2)nc1. The van der Waals surface area contributed by atoms with Gasteiger partial charge in [-0.15, -0.1) is 11.3 Å². The molecule has 4 heteroatoms. The van der Waals surface area contributed by atoms with Crippen LogP contribution in [-0.2, 0) is 12.8 Å². The number of hydrogen-bond acceptors (Lipinski definition) is 4. The summed E-state index contributed by atoms with van der Waals surface area (Å²) in [7, 11) is 0. The molecule has 0 amide bonds. The molecule has 0 saturated carbocycles. The first-order valence-corrected chi connectivity index (χ1v) is 6.61. The summed E-state index contributed by atoms with van der Waals surface area (Å²) < 4.78 is 0. The van der Waals surface area contributed by atoms with Gasteiger partial charge in [-0.05, 0) is 25.0 Å². The van der Waals surface area contributed by atoms with Gasteiger partial charge in [-0.2, -0.15) is 0 Å². The van der Waals surface area contributed by atoms with E-state index >= 15 is 0 Å². The summed E-state index contributed by atoms with van der Waals surface area (Å²) >= 11 is 1.50. The molecule has 0 saturated heterocycles. The van der Waals surface area contributed by atoms with Crippen LogP contribution < -0.4 is 0 Å². The summed E-state index contributed by atoms with van der Waals surface area (Å²) in [6.45, 7) is 4.03. The Morgan fingerprint density at radius 1 is 1.41 bits per heavy atom. The van der Waals surface area contributed by atoms with Crippen molar-refractivity contribution in [3.8, 4) is 0 Å². The zero-order valence-corrected chi connectivity index (χ0v) is 10.9. The lowest BCUT2D eigenvalue weighted by Gasteiger charge is -2.07. The zero-order chi connectivity index (χ0) is 12.3. The van der Waals surface area contributed by atoms with Crippen molar-refractivity contribution in [3.63, 3.8) is 0 Å². The number of hydrogen-bond donors (Lipinski definition) is 1. The minimum atomic E-state index is -0.548. The second kappa shape index (κ2) is 5.38. The average molecular weight is 248 g/mol. The second-order valence-corrected chi connectivity index (χ2v) is 4.95. The number of pyridine rings is 1. The molecule has 0 spiro atoms. The van der Waals surface area contributed by atoms with E-state index in [-0.39, 0.29) is 0 Å². The highest BCUT2D eigenvalue weighted by Crippen LogP contribution is 2.21. The average Bonchev–Trinajstić information content (AvgIpc) is 2.77. The minimum Gasteiger partial charge on any atom is -0.386 e. The third-order valence-electron chi connectivity index (χ3n) is 2.62. The molecule has 0 bridgehead atoms. The Kier molecular flexibility index (Phi) is 3.86. The van der Waals surface area contributed by atoms with Gasteiger partial charge in [-0.3, -0.25) is 4.98 Å². The van der Waals surface area contributed by atoms with Gasteiger partial charge in [0.1, 0.15) is 11.1 Å². The molecular weight excluding hydrogens is 232 g/mol. The lowest BCUT2D eigenvalue weighted by atomic mass is 10.1. The maximum atomic E-state index is 10.0. The predicted octanol–water partition coefficient (Wildman–Crippen LogP) is 2.69. The third-order valence-corrected chi connectivity index (χ3v) is 3.68. The van der Waals surface area contributed by atoms with Crippen LogP contribution in [0.4, 0.5) is 0 Å². The fourth-order valence-electron chi connectivity index (χ4n) is 1.60. The number of aromatic nitrogens is 2. The molecule has 17 heavy (non-hydrogen) atoms. The number of rotatable bonds is 4. The molecule has 0 aliphatic heterocycles. The van der Waals surface area contributed by atoms with Crippen molar-refractivity contribution in [3.05, 3.63) is 45.7 Å². The summed E-state index contributed by atoms with van der Waals surface area (Å²) in [4.78, 5) is 8.62. The van der Waals surface area contributed by atoms with E-state index in [1.807, 2.05) is 24.6 Å². The topological polar surface area (TPSA) is 46.0 Å². The van der Waals surface area contributed by atoms with E-state index in [0.717, 1.165) is 22.8 Å². The van der Waals surface area contributed by atoms with Crippen LogP contribution in [0.2, 0.25) is 0 Å². The highest BCUT2D eigenvalue weighted by molar-refractivity contribution is 7.09. The van der Waals surface area contributed by atoms with Gasteiger partial charge in [0, 0.05) is 29.4 Å². The molecule has 90 valence electrons. The van der Waals surface area contributed by atoms with E-state index in [1.165, 1.54) is 16.9 Å². The molecule has 2 heterocycles. The molecule has 0 aromatic carbocycles. The molecule has 0 aliphatic rings. The summed E-state index contributed by atoms with van der Waals surface area (Å²) in [5, 5.41) is 12.7. The van der Waals surface area contributed by atoms with E-state index in [9.17, 15) is 5.11 Å². The Hall–Kier alpha value is -1.26. The number of thiazole rings is 1. The summed E-state index contributed by atoms with van der Waals surface area (Å²) in [5.41, 5.74) is 3.08. The first-order chi connectivity index (χ1) is 8.19. The maximum Gasteiger partial charge on any atom is 0.122 e. The van der Waals surface area contributed by atoms with Crippen LogP contribution in [0.15, 0.2) is 23.7 Å². The van der Waals surface area contributed by atoms with Crippen LogP contribution in [0.1, 0.15) is 35.0 Å². The van der Waals surface area contributed by atoms with Gasteiger partial charge >= 0.3 is 0 Å². The quantitative estimate of drug-likeness (QED) is 0.905. The maximum absolute atomic E-state index is 10.0. The molecular formula is C13H16N2OS. The van der Waals surface area contributed by atoms with Crippen molar-refractivity contribution in [2.45, 2.75) is 32.8 Å². The molecule has 1 unspecified atom stereocenters. The number of aliphatic hydroxyl groups is 1. The van der Waals surface area contributed by atoms with Gasteiger partial charge in [-0.25, -0.2) is 4.98 Å². The Morgan fingerprint density at radius 2 is 2.24 bits per heavy atom. The van der Waals surface area contributed by atoms with Crippen molar-refractivity contribution in [1.29, 1.82) is 0 Å². The molecule has 0 aliphatic carbocycles. The smallest absolute Gasteiger partial charge is 0.122 e. The summed E-state index contributed by atoms with van der Waals surface area (Å²) in [6, 6.07) is 4.03. The number of aliphatic hydroxyl groups excluding tert-OH is 1. The summed E-state index contributed by atoms with van der Waals surface area (Å²) in [6.07, 6.45) is 2.84. The van der Waals surface area contributed by atoms with Crippen LogP contribution in [0, 0.1) is 6.92 Å². The van der Waals surface area contributed by atoms with Gasteiger partial charge in [0.05, 0.1) is 0 Å². The first kappa shape index (κ1) is 12.2. The van der Waals surface area contributed by atoms with Gasteiger partial charge in [0.2, 0.25) is 0 Å². The molecule has 1 atom stereocenters. The molecule has 0 fully saturated rings. The van der Waals surface area contributed by atoms with Crippen molar-refractivity contribution < 1.29 is 5.11 Å². The van der Waals surface area contributed by atoms with Crippen molar-refractivity contribution in [1.82, 2.24) is 9.97 Å². The van der Waals surface area contributed by atoms with E-state index in [4.69, 9.17) is 0 Å². The van der Waals surface area contributed by atoms with Crippen LogP contribution in [-0.4, -0.2) is 15.1 Å². The second-order valence-electron chi connectivity index (χ2n) is 4.06. The fraction of sp³-hybridized carbons (Fsp3) is 0.385. The van der Waals surface area contributed by atoms with E-state index in [1.54, 1.807) is 0 Å². The van der Waals surface area contributed by atoms with Crippen LogP contribution in [0.3, 0.4) is 0 Å². The van der Waals surface area contributed by atoms with Crippen molar-refractivity contribution in [2.24, 2.45) is 0 Å². The van der Waals surface area contributed by atoms with Gasteiger partial charge in [-0.1, -0.05) is 13.0 Å². The highest BCUT2D eigenvalue weighted by atomic mass is 32.1. The fourth-order valence-corrected chi connectivity index (χ4v) is 2.38. The lowest BCUT2D eigenvalue weighted by Crippen LogP contribution is -2.03. The van der Waals surface area contributed by atoms with Crippen molar-refractivity contribution >= 4 is 11.3 Å². The molecule has 0 radical (unpaired) electrons. The number of nitrogens with zero attached hydrogens (tertiary/aromatic N) is 2. The van der Waals surface area contributed by atoms with Crippen LogP contribution in [0.25, 0.3) is 0 Å². The third kappa shape index (κ3) is 3.11. The molecule has 2 aromatic rings. The zero-order valence-electron chi connectivity index (χ0n) is 10.1. The van der Waals surface area contributed by atoms with Gasteiger partial charge < -0.3 is 5.11 Å². The molecule has 2 aromatic heterocycles. The standard InChI is InChI=1S/C13H16N2OS/c1-3-10-4-5-11(14-7-10)6-12(16)13-15-9(2)8-17-13/h4-5,7-8,12,16H,3,6H2,1-2H3. The Morgan fingerprint density at radius 3 is 2.76 bits per heavy atom. The van der Waals surface area contributed by atoms with E-state index < -0.39 is 6.10 Å². The monoisotopic (exact) mass is 248 g/mol. The van der Waals surface area contributed by atoms with Crippen LogP contribution >= 0.6 is 11.3 Å². The number of aryl methyl sites for hydroxylation is 2.